The molecule has 0 amide bonds. The maximum Gasteiger partial charge on any atom is 0.192 e. The minimum Gasteiger partial charge on any atom is -1.00 e. The van der Waals surface area contributed by atoms with E-state index in [1.54, 1.807) is 0 Å². The zero-order chi connectivity index (χ0) is 21.6. The average Bonchev–Trinajstić information content (AvgIpc) is 2.68. The quantitative estimate of drug-likeness (QED) is 0.124. The van der Waals surface area contributed by atoms with Gasteiger partial charge in [-0.3, -0.25) is 16.1 Å². The Bertz CT molecular complexity index is 498. The second-order valence-electron chi connectivity index (χ2n) is 7.66. The van der Waals surface area contributed by atoms with Crippen molar-refractivity contribution in [3.8, 4) is 0 Å². The van der Waals surface area contributed by atoms with Crippen LogP contribution in [0.1, 0.15) is 96.8 Å². The molecule has 1 rings (SSSR count). The van der Waals surface area contributed by atoms with Crippen molar-refractivity contribution in [2.45, 2.75) is 103 Å². The molecule has 6 nitrogen and oxygen atoms in total. The average molecular weight is 441 g/mol. The van der Waals surface area contributed by atoms with Gasteiger partial charge in [-0.2, -0.15) is 0 Å². The third kappa shape index (κ3) is 24.2. The van der Waals surface area contributed by atoms with E-state index in [9.17, 15) is 0 Å². The van der Waals surface area contributed by atoms with Crippen molar-refractivity contribution in [3.05, 3.63) is 30.6 Å². The van der Waals surface area contributed by atoms with Gasteiger partial charge in [0.15, 0.2) is 24.3 Å². The normalized spacial score (nSPS) is 9.77. The van der Waals surface area contributed by atoms with E-state index in [0.29, 0.717) is 0 Å². The molecule has 0 spiro atoms. The van der Waals surface area contributed by atoms with Crippen LogP contribution in [0.4, 0.5) is 0 Å². The van der Waals surface area contributed by atoms with Crippen LogP contribution < -0.4 is 33.8 Å². The standard InChI is InChI=1S/C21H38N.C2H7N5.ClH/c1-2-3-4-5-6-7-8-9-10-11-12-13-14-16-19-22-20-17-15-18-21-22;3-1(4)7-2(5)6;/h15,17-18,20-21H,2-14,16,19H2,1H3;(H7,3,4,5,6,7);1H/q+1;;/p-1. The van der Waals surface area contributed by atoms with E-state index < -0.39 is 0 Å². The minimum absolute atomic E-state index is 0. The fourth-order valence-electron chi connectivity index (χ4n) is 3.22. The van der Waals surface area contributed by atoms with Crippen LogP contribution in [-0.2, 0) is 6.54 Å². The van der Waals surface area contributed by atoms with Crippen molar-refractivity contribution in [2.75, 3.05) is 0 Å². The summed E-state index contributed by atoms with van der Waals surface area (Å²) < 4.78 is 2.29. The Balaban J connectivity index is 0. The lowest BCUT2D eigenvalue weighted by Crippen LogP contribution is -3.00. The minimum atomic E-state index is -0.312. The van der Waals surface area contributed by atoms with Crippen molar-refractivity contribution >= 4 is 11.9 Å². The highest BCUT2D eigenvalue weighted by atomic mass is 35.5. The van der Waals surface area contributed by atoms with Gasteiger partial charge in [0, 0.05) is 18.6 Å². The van der Waals surface area contributed by atoms with Crippen LogP contribution >= 0.6 is 0 Å². The highest BCUT2D eigenvalue weighted by Gasteiger charge is 1.98. The molecule has 0 atom stereocenters. The highest BCUT2D eigenvalue weighted by molar-refractivity contribution is 5.93. The van der Waals surface area contributed by atoms with Crippen molar-refractivity contribution < 1.29 is 17.0 Å². The third-order valence-corrected chi connectivity index (χ3v) is 4.82. The fourth-order valence-corrected chi connectivity index (χ4v) is 3.22. The Morgan fingerprint density at radius 2 is 1.03 bits per heavy atom. The lowest BCUT2D eigenvalue weighted by atomic mass is 10.0. The molecule has 1 heterocycles. The van der Waals surface area contributed by atoms with Crippen molar-refractivity contribution in [3.63, 3.8) is 0 Å². The number of unbranched alkanes of at least 4 members (excludes halogenated alkanes) is 13. The number of nitrogens with zero attached hydrogens (tertiary/aromatic N) is 1. The van der Waals surface area contributed by atoms with Gasteiger partial charge in [-0.25, -0.2) is 4.57 Å². The number of rotatable bonds is 15. The molecule has 1 aromatic heterocycles. The summed E-state index contributed by atoms with van der Waals surface area (Å²) in [5.74, 6) is -0.625. The van der Waals surface area contributed by atoms with Gasteiger partial charge in [0.05, 0.1) is 0 Å². The summed E-state index contributed by atoms with van der Waals surface area (Å²) in [6.07, 6.45) is 24.4. The Kier molecular flexibility index (Phi) is 23.8. The van der Waals surface area contributed by atoms with E-state index in [0.717, 1.165) is 0 Å². The van der Waals surface area contributed by atoms with E-state index >= 15 is 0 Å². The predicted octanol–water partition coefficient (Wildman–Crippen LogP) is 1.82. The summed E-state index contributed by atoms with van der Waals surface area (Å²) >= 11 is 0. The molecule has 0 unspecified atom stereocenters. The summed E-state index contributed by atoms with van der Waals surface area (Å²) in [4.78, 5) is 0. The van der Waals surface area contributed by atoms with Crippen LogP contribution in [0.3, 0.4) is 0 Å². The topological polar surface area (TPSA) is 116 Å². The SMILES string of the molecule is CCCCCCCCCCCCCCCC[n+]1ccccc1.N=C(N)NC(=N)N.[Cl-]. The van der Waals surface area contributed by atoms with Gasteiger partial charge in [0.2, 0.25) is 0 Å². The number of guanidine groups is 2. The van der Waals surface area contributed by atoms with Crippen LogP contribution in [0.25, 0.3) is 0 Å². The van der Waals surface area contributed by atoms with Gasteiger partial charge >= 0.3 is 0 Å². The summed E-state index contributed by atoms with van der Waals surface area (Å²) in [5.41, 5.74) is 9.49. The first-order chi connectivity index (χ1) is 14.1. The number of nitrogens with one attached hydrogen (secondary N) is 3. The molecule has 7 heteroatoms. The third-order valence-electron chi connectivity index (χ3n) is 4.82. The molecule has 174 valence electrons. The monoisotopic (exact) mass is 440 g/mol. The van der Waals surface area contributed by atoms with E-state index in [1.807, 2.05) is 5.32 Å². The van der Waals surface area contributed by atoms with Gasteiger partial charge in [0.1, 0.15) is 6.54 Å². The molecular formula is C23H45ClN6. The maximum atomic E-state index is 6.47. The van der Waals surface area contributed by atoms with Gasteiger partial charge in [0.25, 0.3) is 0 Å². The van der Waals surface area contributed by atoms with E-state index in [1.165, 1.54) is 96.4 Å². The molecule has 30 heavy (non-hydrogen) atoms. The zero-order valence-electron chi connectivity index (χ0n) is 19.0. The lowest BCUT2D eigenvalue weighted by Gasteiger charge is -2.02. The number of aryl methyl sites for hydroxylation is 1. The molecule has 0 aliphatic rings. The smallest absolute Gasteiger partial charge is 0.192 e. The molecule has 0 aromatic carbocycles. The molecule has 0 fully saturated rings. The van der Waals surface area contributed by atoms with Crippen LogP contribution in [0.15, 0.2) is 30.6 Å². The molecule has 0 aliphatic carbocycles. The Labute approximate surface area is 190 Å². The van der Waals surface area contributed by atoms with Crippen LogP contribution in [0.2, 0.25) is 0 Å². The first-order valence-corrected chi connectivity index (χ1v) is 11.5. The molecular weight excluding hydrogens is 396 g/mol. The van der Waals surface area contributed by atoms with Crippen molar-refractivity contribution in [1.82, 2.24) is 5.32 Å². The molecule has 0 radical (unpaired) electrons. The number of hydrogen-bond acceptors (Lipinski definition) is 2. The molecule has 0 saturated heterocycles. The van der Waals surface area contributed by atoms with Gasteiger partial charge in [-0.05, 0) is 6.42 Å². The largest absolute Gasteiger partial charge is 1.00 e. The van der Waals surface area contributed by atoms with Crippen molar-refractivity contribution in [2.24, 2.45) is 11.5 Å². The summed E-state index contributed by atoms with van der Waals surface area (Å²) in [6.45, 7) is 3.47. The molecule has 1 aromatic rings. The second-order valence-corrected chi connectivity index (χ2v) is 7.66. The lowest BCUT2D eigenvalue weighted by molar-refractivity contribution is -0.697. The number of hydrogen-bond donors (Lipinski definition) is 5. The Morgan fingerprint density at radius 3 is 1.37 bits per heavy atom. The number of aromatic nitrogens is 1. The second kappa shape index (κ2) is 23.5. The van der Waals surface area contributed by atoms with Gasteiger partial charge in [-0.1, -0.05) is 90.0 Å². The molecule has 0 aliphatic heterocycles. The van der Waals surface area contributed by atoms with E-state index in [-0.39, 0.29) is 24.3 Å². The summed E-state index contributed by atoms with van der Waals surface area (Å²) in [5, 5.41) is 15.0. The van der Waals surface area contributed by atoms with E-state index in [2.05, 4.69) is 42.1 Å². The van der Waals surface area contributed by atoms with Gasteiger partial charge in [-0.15, -0.1) is 0 Å². The van der Waals surface area contributed by atoms with Crippen LogP contribution in [-0.4, -0.2) is 11.9 Å². The molecule has 7 N–H and O–H groups in total. The molecule has 0 bridgehead atoms. The van der Waals surface area contributed by atoms with E-state index in [4.69, 9.17) is 22.3 Å². The number of halogens is 1. The molecule has 0 saturated carbocycles. The first kappa shape index (κ1) is 30.4. The number of nitrogens with two attached hydrogens (primary N) is 2. The Morgan fingerprint density at radius 1 is 0.667 bits per heavy atom. The Hall–Kier alpha value is -1.82. The fraction of sp³-hybridized carbons (Fsp3) is 0.696. The number of pyridine rings is 1. The highest BCUT2D eigenvalue weighted by Crippen LogP contribution is 2.12. The van der Waals surface area contributed by atoms with Crippen molar-refractivity contribution in [1.29, 1.82) is 10.8 Å². The first-order valence-electron chi connectivity index (χ1n) is 11.5. The zero-order valence-corrected chi connectivity index (χ0v) is 19.7. The van der Waals surface area contributed by atoms with Crippen LogP contribution in [0.5, 0.6) is 0 Å². The predicted molar refractivity (Wildman–Crippen MR) is 124 cm³/mol. The summed E-state index contributed by atoms with van der Waals surface area (Å²) in [6, 6.07) is 6.31. The van der Waals surface area contributed by atoms with Gasteiger partial charge < -0.3 is 23.9 Å². The maximum absolute atomic E-state index is 6.47. The van der Waals surface area contributed by atoms with Crippen LogP contribution in [0, 0.1) is 10.8 Å². The summed E-state index contributed by atoms with van der Waals surface area (Å²) in [7, 11) is 0.